The molecule has 0 saturated heterocycles. The Morgan fingerprint density at radius 1 is 1.00 bits per heavy atom. The van der Waals surface area contributed by atoms with E-state index in [0.29, 0.717) is 0 Å². The van der Waals surface area contributed by atoms with E-state index >= 15 is 0 Å². The van der Waals surface area contributed by atoms with E-state index in [1.54, 1.807) is 0 Å². The number of nitrogens with one attached hydrogen (secondary N) is 1. The van der Waals surface area contributed by atoms with Gasteiger partial charge in [-0.25, -0.2) is 0 Å². The molecule has 0 fully saturated rings. The van der Waals surface area contributed by atoms with Crippen LogP contribution in [-0.2, 0) is 0 Å². The third kappa shape index (κ3) is 20.5. The molecular weight excluding hydrogens is 557 g/mol. The molecule has 0 bridgehead atoms. The van der Waals surface area contributed by atoms with Crippen molar-refractivity contribution in [2.75, 3.05) is 45.8 Å². The van der Waals surface area contributed by atoms with Crippen LogP contribution in [0.5, 0.6) is 0 Å². The maximum atomic E-state index is 5.51. The largest absolute Gasteiger partial charge is 0.329 e. The van der Waals surface area contributed by atoms with Crippen molar-refractivity contribution >= 4 is 37.2 Å². The van der Waals surface area contributed by atoms with E-state index in [2.05, 4.69) is 54.4 Å². The molecule has 0 spiro atoms. The maximum absolute atomic E-state index is 5.51. The first-order valence-corrected chi connectivity index (χ1v) is 12.1. The highest BCUT2D eigenvalue weighted by Crippen LogP contribution is 1.89. The van der Waals surface area contributed by atoms with Gasteiger partial charge in [-0.15, -0.1) is 0 Å². The summed E-state index contributed by atoms with van der Waals surface area (Å²) in [5.41, 5.74) is 11.0. The lowest BCUT2D eigenvalue weighted by molar-refractivity contribution is -0.00000347. The molecule has 0 rings (SSSR count). The summed E-state index contributed by atoms with van der Waals surface area (Å²) in [6.45, 7) is 8.76. The molecule has 17 heavy (non-hydrogen) atoms. The van der Waals surface area contributed by atoms with Gasteiger partial charge in [-0.1, -0.05) is 13.3 Å². The quantitative estimate of drug-likeness (QED) is 0.202. The monoisotopic (exact) mass is 585 g/mol. The van der Waals surface area contributed by atoms with E-state index in [9.17, 15) is 0 Å². The molecule has 0 aromatic rings. The fourth-order valence-corrected chi connectivity index (χ4v) is 1.36. The van der Waals surface area contributed by atoms with Crippen LogP contribution < -0.4 is 40.8 Å². The molecule has 0 aliphatic heterocycles. The number of halogens is 3. The number of nitrogens with two attached hydrogens (primary N) is 2. The summed E-state index contributed by atoms with van der Waals surface area (Å²) < 4.78 is 0. The van der Waals surface area contributed by atoms with Crippen LogP contribution in [0.2, 0.25) is 0 Å². The molecular formula is C10H28I3N4+. The van der Waals surface area contributed by atoms with Crippen molar-refractivity contribution in [3.8, 4) is 0 Å². The van der Waals surface area contributed by atoms with E-state index in [1.165, 1.54) is 12.8 Å². The van der Waals surface area contributed by atoms with Gasteiger partial charge in [0.2, 0.25) is 24.0 Å². The Balaban J connectivity index is -0.000000616. The highest BCUT2D eigenvalue weighted by Gasteiger charge is 2.00. The number of hydrogen-bond donors (Lipinski definition) is 3. The predicted octanol–water partition coefficient (Wildman–Crippen LogP) is -2.16. The Kier molecular flexibility index (Phi) is 32.8. The molecule has 0 heterocycles. The Morgan fingerprint density at radius 2 is 1.53 bits per heavy atom. The van der Waals surface area contributed by atoms with Crippen molar-refractivity contribution in [3.63, 3.8) is 0 Å². The van der Waals surface area contributed by atoms with Crippen molar-refractivity contribution in [2.24, 2.45) is 11.5 Å². The van der Waals surface area contributed by atoms with Gasteiger partial charge in [-0.2, -0.15) is 0 Å². The van der Waals surface area contributed by atoms with Gasteiger partial charge < -0.3 is 16.8 Å². The lowest BCUT2D eigenvalue weighted by atomic mass is 10.3. The molecule has 0 aliphatic carbocycles. The van der Waals surface area contributed by atoms with E-state index in [0.717, 1.165) is 45.8 Å². The van der Waals surface area contributed by atoms with Crippen LogP contribution in [0.25, 0.3) is 0 Å². The maximum Gasteiger partial charge on any atom is 0.235 e. The summed E-state index contributed by atoms with van der Waals surface area (Å²) in [6.07, 6.45) is 2.51. The minimum absolute atomic E-state index is 0. The van der Waals surface area contributed by atoms with Crippen molar-refractivity contribution in [3.05, 3.63) is 0 Å². The average Bonchev–Trinajstić information content (AvgIpc) is 2.32. The SMILES string of the molecule is CCCCNCCN(CCN)CCN.II.[IH2+]. The van der Waals surface area contributed by atoms with Crippen molar-refractivity contribution < 1.29 is 24.0 Å². The second-order valence-electron chi connectivity index (χ2n) is 3.52. The zero-order chi connectivity index (χ0) is 12.6. The standard InChI is InChI=1S/C10H26N4.I2.H2I/c1-2-3-6-13-7-10-14(8-4-11)9-5-12;1-2;/h13H,2-12H2,1H3;;1H2/q;;+1. The molecule has 0 aliphatic rings. The Labute approximate surface area is 147 Å². The minimum atomic E-state index is 0. The second-order valence-corrected chi connectivity index (χ2v) is 3.52. The Bertz CT molecular complexity index is 114. The fraction of sp³-hybridized carbons (Fsp3) is 1.00. The van der Waals surface area contributed by atoms with E-state index < -0.39 is 0 Å². The van der Waals surface area contributed by atoms with Crippen LogP contribution in [0.1, 0.15) is 19.8 Å². The smallest absolute Gasteiger partial charge is 0.235 e. The first kappa shape index (κ1) is 24.1. The molecule has 0 aromatic carbocycles. The second kappa shape index (κ2) is 23.1. The Hall–Kier alpha value is 2.03. The van der Waals surface area contributed by atoms with Crippen LogP contribution >= 0.6 is 37.2 Å². The van der Waals surface area contributed by atoms with Crippen molar-refractivity contribution in [1.82, 2.24) is 10.2 Å². The average molecular weight is 585 g/mol. The van der Waals surface area contributed by atoms with Crippen LogP contribution in [0.4, 0.5) is 0 Å². The highest BCUT2D eigenvalue weighted by molar-refractivity contribution is 15.0. The van der Waals surface area contributed by atoms with Gasteiger partial charge in [0.1, 0.15) is 0 Å². The summed E-state index contributed by atoms with van der Waals surface area (Å²) in [5.74, 6) is 0. The molecule has 0 unspecified atom stereocenters. The first-order valence-electron chi connectivity index (χ1n) is 5.82. The van der Waals surface area contributed by atoms with E-state index in [4.69, 9.17) is 11.5 Å². The molecule has 7 heteroatoms. The molecule has 0 amide bonds. The van der Waals surface area contributed by atoms with Gasteiger partial charge in [-0.05, 0) is 13.0 Å². The Morgan fingerprint density at radius 3 is 1.94 bits per heavy atom. The highest BCUT2D eigenvalue weighted by atomic mass is 128. The van der Waals surface area contributed by atoms with Gasteiger partial charge in [0.05, 0.1) is 0 Å². The molecule has 0 saturated carbocycles. The minimum Gasteiger partial charge on any atom is -0.329 e. The molecule has 0 atom stereocenters. The molecule has 108 valence electrons. The van der Waals surface area contributed by atoms with Crippen LogP contribution in [0.15, 0.2) is 0 Å². The lowest BCUT2D eigenvalue weighted by Gasteiger charge is -2.20. The molecule has 0 aromatic heterocycles. The van der Waals surface area contributed by atoms with E-state index in [-0.39, 0.29) is 24.0 Å². The van der Waals surface area contributed by atoms with E-state index in [1.807, 2.05) is 0 Å². The number of unbranched alkanes of at least 4 members (excludes halogenated alkanes) is 1. The number of rotatable bonds is 10. The van der Waals surface area contributed by atoms with Crippen LogP contribution in [0, 0.1) is 0 Å². The molecule has 0 radical (unpaired) electrons. The normalized spacial score (nSPS) is 9.53. The predicted molar refractivity (Wildman–Crippen MR) is 93.2 cm³/mol. The zero-order valence-electron chi connectivity index (χ0n) is 10.7. The summed E-state index contributed by atoms with van der Waals surface area (Å²) in [6, 6.07) is 0. The third-order valence-corrected chi connectivity index (χ3v) is 2.20. The number of hydrogen-bond acceptors (Lipinski definition) is 4. The van der Waals surface area contributed by atoms with Crippen molar-refractivity contribution in [2.45, 2.75) is 19.8 Å². The van der Waals surface area contributed by atoms with Gasteiger partial charge >= 0.3 is 0 Å². The summed E-state index contributed by atoms with van der Waals surface area (Å²) in [4.78, 5) is 2.30. The lowest BCUT2D eigenvalue weighted by Crippen LogP contribution is -3.00. The first-order chi connectivity index (χ1) is 7.85. The van der Waals surface area contributed by atoms with Crippen LogP contribution in [-0.4, -0.2) is 50.7 Å². The summed E-state index contributed by atoms with van der Waals surface area (Å²) in [7, 11) is 0. The van der Waals surface area contributed by atoms with Crippen LogP contribution in [0.3, 0.4) is 0 Å². The summed E-state index contributed by atoms with van der Waals surface area (Å²) in [5, 5.41) is 3.41. The number of nitrogens with zero attached hydrogens (tertiary/aromatic N) is 1. The molecule has 4 nitrogen and oxygen atoms in total. The summed E-state index contributed by atoms with van der Waals surface area (Å²) >= 11 is 4.24. The fourth-order valence-electron chi connectivity index (χ4n) is 1.36. The third-order valence-electron chi connectivity index (χ3n) is 2.20. The van der Waals surface area contributed by atoms with Gasteiger partial charge in [0.25, 0.3) is 0 Å². The molecule has 5 N–H and O–H groups in total. The zero-order valence-corrected chi connectivity index (χ0v) is 17.5. The van der Waals surface area contributed by atoms with Gasteiger partial charge in [-0.3, -0.25) is 4.90 Å². The van der Waals surface area contributed by atoms with Gasteiger partial charge in [0, 0.05) is 76.5 Å². The van der Waals surface area contributed by atoms with Gasteiger partial charge in [0.15, 0.2) is 0 Å². The topological polar surface area (TPSA) is 67.3 Å². The van der Waals surface area contributed by atoms with Crippen molar-refractivity contribution in [1.29, 1.82) is 0 Å².